The van der Waals surface area contributed by atoms with Crippen molar-refractivity contribution in [2.75, 3.05) is 38.0 Å². The number of amides is 4. The van der Waals surface area contributed by atoms with E-state index >= 15 is 0 Å². The molecular formula is C33H37ClF5N9O6. The number of carbonyl (C=O) groups excluding carboxylic acids is 3. The van der Waals surface area contributed by atoms with Crippen LogP contribution in [0.1, 0.15) is 52.0 Å². The van der Waals surface area contributed by atoms with Crippen molar-refractivity contribution in [3.05, 3.63) is 52.7 Å². The molecule has 0 spiro atoms. The fraction of sp³-hybridized carbons (Fsp3) is 0.515. The second-order valence-corrected chi connectivity index (χ2v) is 14.3. The van der Waals surface area contributed by atoms with Crippen LogP contribution in [0, 0.1) is 17.8 Å². The SMILES string of the molecule is Cn1c(-c2cn(C3CC3(F)F)nc2C(F)(F)F)cnc1C(=O)Nc1ccc(C(=O)NCC2CC3CN(C(=O)N[C@@H]4CNC[C@H]4O)CC3C2)c(Cl)c1.O=CO. The van der Waals surface area contributed by atoms with Crippen LogP contribution in [-0.4, -0.2) is 110 Å². The van der Waals surface area contributed by atoms with E-state index in [1.807, 2.05) is 0 Å². The van der Waals surface area contributed by atoms with Crippen LogP contribution in [0.4, 0.5) is 32.4 Å². The number of benzene rings is 1. The molecule has 0 bridgehead atoms. The molecule has 0 radical (unpaired) electrons. The van der Waals surface area contributed by atoms with Crippen LogP contribution >= 0.6 is 11.6 Å². The zero-order chi connectivity index (χ0) is 39.1. The van der Waals surface area contributed by atoms with E-state index in [2.05, 4.69) is 31.3 Å². The largest absolute Gasteiger partial charge is 0.483 e. The highest BCUT2D eigenvalue weighted by atomic mass is 35.5. The van der Waals surface area contributed by atoms with Crippen LogP contribution in [0.25, 0.3) is 11.3 Å². The molecular weight excluding hydrogens is 749 g/mol. The van der Waals surface area contributed by atoms with Crippen LogP contribution in [-0.2, 0) is 18.0 Å². The Morgan fingerprint density at radius 2 is 1.80 bits per heavy atom. The van der Waals surface area contributed by atoms with Crippen molar-refractivity contribution in [2.24, 2.45) is 24.8 Å². The molecule has 2 saturated carbocycles. The minimum Gasteiger partial charge on any atom is -0.483 e. The summed E-state index contributed by atoms with van der Waals surface area (Å²) >= 11 is 6.41. The number of carbonyl (C=O) groups is 4. The summed E-state index contributed by atoms with van der Waals surface area (Å²) in [5, 5.41) is 31.7. The monoisotopic (exact) mass is 785 g/mol. The quantitative estimate of drug-likeness (QED) is 0.147. The van der Waals surface area contributed by atoms with Crippen molar-refractivity contribution in [3.8, 4) is 11.3 Å². The summed E-state index contributed by atoms with van der Waals surface area (Å²) in [5.74, 6) is -3.74. The van der Waals surface area contributed by atoms with Crippen LogP contribution < -0.4 is 21.3 Å². The molecule has 4 heterocycles. The molecule has 2 aliphatic carbocycles. The van der Waals surface area contributed by atoms with E-state index in [9.17, 15) is 41.4 Å². The third-order valence-corrected chi connectivity index (χ3v) is 10.5. The summed E-state index contributed by atoms with van der Waals surface area (Å²) in [6.07, 6.45) is -2.55. The van der Waals surface area contributed by atoms with Gasteiger partial charge < -0.3 is 40.9 Å². The molecule has 3 aromatic rings. The number of aliphatic hydroxyl groups is 1. The smallest absolute Gasteiger partial charge is 0.435 e. The van der Waals surface area contributed by atoms with E-state index in [-0.39, 0.29) is 52.3 Å². The molecule has 292 valence electrons. The summed E-state index contributed by atoms with van der Waals surface area (Å²) in [7, 11) is 1.31. The Morgan fingerprint density at radius 1 is 1.13 bits per heavy atom. The number of hydrogen-bond donors (Lipinski definition) is 6. The first-order valence-electron chi connectivity index (χ1n) is 17.0. The highest BCUT2D eigenvalue weighted by molar-refractivity contribution is 6.34. The predicted octanol–water partition coefficient (Wildman–Crippen LogP) is 3.22. The van der Waals surface area contributed by atoms with Gasteiger partial charge in [-0.05, 0) is 48.8 Å². The molecule has 6 N–H and O–H groups in total. The lowest BCUT2D eigenvalue weighted by atomic mass is 10.0. The second kappa shape index (κ2) is 15.1. The molecule has 1 aromatic carbocycles. The van der Waals surface area contributed by atoms with Gasteiger partial charge in [0.25, 0.3) is 24.2 Å². The topological polar surface area (TPSA) is 196 Å². The Balaban J connectivity index is 0.00000160. The Labute approximate surface area is 309 Å². The first-order chi connectivity index (χ1) is 25.5. The maximum absolute atomic E-state index is 13.8. The van der Waals surface area contributed by atoms with E-state index in [0.717, 1.165) is 29.8 Å². The number of imidazole rings is 1. The lowest BCUT2D eigenvalue weighted by Gasteiger charge is -2.23. The number of urea groups is 1. The standard InChI is InChI=1S/C32H35ClF5N9O4.CH2O2/c1-45-23(20-14-47(25-7-31(25,34)35)44-26(20)32(36,37)38)10-40-27(45)29(50)42-18-2-3-19(21(33)6-18)28(49)41-8-15-4-16-12-46(13-17(16)5-15)30(51)43-22-9-39-11-24(22)48;2-1-3/h2-3,6,10,14-17,22,24-25,39,48H,4-5,7-9,11-13H2,1H3,(H,41,49)(H,42,50)(H,43,51);1H,(H,2,3)/t15?,16?,17?,22-,24-,25?;/m1./s1. The molecule has 7 rings (SSSR count). The maximum Gasteiger partial charge on any atom is 0.435 e. The number of likely N-dealkylation sites (tertiary alicyclic amines) is 1. The van der Waals surface area contributed by atoms with Gasteiger partial charge in [-0.15, -0.1) is 0 Å². The van der Waals surface area contributed by atoms with Gasteiger partial charge in [-0.1, -0.05) is 11.6 Å². The van der Waals surface area contributed by atoms with Gasteiger partial charge >= 0.3 is 12.2 Å². The van der Waals surface area contributed by atoms with Gasteiger partial charge in [0.05, 0.1) is 40.2 Å². The molecule has 3 unspecified atom stereocenters. The number of rotatable bonds is 8. The number of aliphatic hydroxyl groups excluding tert-OH is 1. The van der Waals surface area contributed by atoms with Gasteiger partial charge in [0.2, 0.25) is 0 Å². The number of alkyl halides is 5. The minimum atomic E-state index is -4.95. The van der Waals surface area contributed by atoms with Crippen molar-refractivity contribution in [1.29, 1.82) is 0 Å². The van der Waals surface area contributed by atoms with E-state index in [1.54, 1.807) is 4.90 Å². The predicted molar refractivity (Wildman–Crippen MR) is 181 cm³/mol. The molecule has 5 atom stereocenters. The third-order valence-electron chi connectivity index (χ3n) is 10.2. The molecule has 2 saturated heterocycles. The Bertz CT molecular complexity index is 1910. The number of hydrogen-bond acceptors (Lipinski definition) is 8. The van der Waals surface area contributed by atoms with Gasteiger partial charge in [-0.3, -0.25) is 19.1 Å². The fourth-order valence-corrected chi connectivity index (χ4v) is 7.69. The number of anilines is 1. The van der Waals surface area contributed by atoms with Gasteiger partial charge in [-0.25, -0.2) is 18.6 Å². The highest BCUT2D eigenvalue weighted by Crippen LogP contribution is 2.53. The molecule has 2 aromatic heterocycles. The number of β-amino-alcohol motifs (C(OH)–C–C–N with tert-alkyl or cyclic N) is 1. The van der Waals surface area contributed by atoms with Gasteiger partial charge in [0, 0.05) is 58.1 Å². The van der Waals surface area contributed by atoms with Crippen molar-refractivity contribution in [1.82, 2.24) is 40.2 Å². The van der Waals surface area contributed by atoms with Crippen LogP contribution in [0.15, 0.2) is 30.6 Å². The van der Waals surface area contributed by atoms with E-state index in [1.165, 1.54) is 25.2 Å². The molecule has 4 amide bonds. The third kappa shape index (κ3) is 8.14. The van der Waals surface area contributed by atoms with Crippen molar-refractivity contribution >= 4 is 41.6 Å². The first-order valence-corrected chi connectivity index (χ1v) is 17.4. The number of halogens is 6. The first kappa shape index (κ1) is 38.9. The molecule has 2 aliphatic heterocycles. The summed E-state index contributed by atoms with van der Waals surface area (Å²) in [5.41, 5.74) is -1.65. The lowest BCUT2D eigenvalue weighted by molar-refractivity contribution is -0.141. The van der Waals surface area contributed by atoms with E-state index < -0.39 is 53.7 Å². The number of nitrogens with one attached hydrogen (secondary N) is 4. The van der Waals surface area contributed by atoms with Gasteiger partial charge in [-0.2, -0.15) is 18.3 Å². The summed E-state index contributed by atoms with van der Waals surface area (Å²) in [6, 6.07) is 2.29. The van der Waals surface area contributed by atoms with Gasteiger partial charge in [0.1, 0.15) is 6.04 Å². The Hall–Kier alpha value is -4.82. The average Bonchev–Trinajstić information content (AvgIpc) is 3.74. The van der Waals surface area contributed by atoms with Crippen molar-refractivity contribution in [3.63, 3.8) is 0 Å². The minimum absolute atomic E-state index is 0.0532. The van der Waals surface area contributed by atoms with Crippen molar-refractivity contribution < 1.29 is 51.3 Å². The normalized spacial score (nSPS) is 25.4. The zero-order valence-electron chi connectivity index (χ0n) is 28.6. The van der Waals surface area contributed by atoms with E-state index in [0.29, 0.717) is 49.2 Å². The summed E-state index contributed by atoms with van der Waals surface area (Å²) in [6.45, 7) is 2.40. The number of carboxylic acid groups (broad SMARTS) is 1. The van der Waals surface area contributed by atoms with Crippen LogP contribution in [0.3, 0.4) is 0 Å². The average molecular weight is 786 g/mol. The number of aromatic nitrogens is 4. The summed E-state index contributed by atoms with van der Waals surface area (Å²) < 4.78 is 70.2. The van der Waals surface area contributed by atoms with Crippen LogP contribution in [0.2, 0.25) is 5.02 Å². The van der Waals surface area contributed by atoms with Crippen LogP contribution in [0.5, 0.6) is 0 Å². The second-order valence-electron chi connectivity index (χ2n) is 13.9. The molecule has 4 fully saturated rings. The number of nitrogens with zero attached hydrogens (tertiary/aromatic N) is 5. The maximum atomic E-state index is 13.8. The molecule has 21 heteroatoms. The fourth-order valence-electron chi connectivity index (χ4n) is 7.42. The Kier molecular flexibility index (Phi) is 10.9. The molecule has 4 aliphatic rings. The van der Waals surface area contributed by atoms with Gasteiger partial charge in [0.15, 0.2) is 11.5 Å². The summed E-state index contributed by atoms with van der Waals surface area (Å²) in [4.78, 5) is 52.9. The molecule has 54 heavy (non-hydrogen) atoms. The lowest BCUT2D eigenvalue weighted by Crippen LogP contribution is -2.48. The molecule has 15 nitrogen and oxygen atoms in total. The zero-order valence-corrected chi connectivity index (χ0v) is 29.4. The van der Waals surface area contributed by atoms with Crippen molar-refractivity contribution in [2.45, 2.75) is 49.5 Å². The Morgan fingerprint density at radius 3 is 2.37 bits per heavy atom. The number of fused-ring (bicyclic) bond motifs is 1. The highest BCUT2D eigenvalue weighted by Gasteiger charge is 2.59. The van der Waals surface area contributed by atoms with E-state index in [4.69, 9.17) is 21.5 Å².